The van der Waals surface area contributed by atoms with Crippen molar-refractivity contribution in [2.45, 2.75) is 18.8 Å². The summed E-state index contributed by atoms with van der Waals surface area (Å²) in [6.45, 7) is 2.22. The zero-order chi connectivity index (χ0) is 15.7. The molecule has 0 aliphatic heterocycles. The van der Waals surface area contributed by atoms with Crippen LogP contribution in [0.5, 0.6) is 0 Å². The van der Waals surface area contributed by atoms with Gasteiger partial charge in [-0.3, -0.25) is 0 Å². The molecule has 0 fully saturated rings. The third-order valence-electron chi connectivity index (χ3n) is 4.43. The molecule has 1 aliphatic rings. The van der Waals surface area contributed by atoms with Crippen LogP contribution in [0.4, 0.5) is 5.69 Å². The summed E-state index contributed by atoms with van der Waals surface area (Å²) in [4.78, 5) is 0. The molecule has 1 heterocycles. The van der Waals surface area contributed by atoms with Gasteiger partial charge in [-0.2, -0.15) is 0 Å². The Morgan fingerprint density at radius 3 is 2.52 bits per heavy atom. The number of para-hydroxylation sites is 2. The van der Waals surface area contributed by atoms with Gasteiger partial charge in [-0.1, -0.05) is 48.6 Å². The molecule has 0 radical (unpaired) electrons. The summed E-state index contributed by atoms with van der Waals surface area (Å²) in [5, 5.41) is 4.60. The van der Waals surface area contributed by atoms with Crippen molar-refractivity contribution >= 4 is 16.7 Å². The summed E-state index contributed by atoms with van der Waals surface area (Å²) in [5.41, 5.74) is 3.09. The van der Waals surface area contributed by atoms with Crippen molar-refractivity contribution in [2.24, 2.45) is 0 Å². The monoisotopic (exact) mass is 301 g/mol. The number of hydrogen-bond acceptors (Lipinski definition) is 2. The largest absolute Gasteiger partial charge is 0.460 e. The van der Waals surface area contributed by atoms with Gasteiger partial charge < -0.3 is 9.73 Å². The molecule has 0 amide bonds. The molecule has 0 bridgehead atoms. The molecule has 2 aromatic carbocycles. The number of anilines is 1. The molecule has 0 saturated carbocycles. The molecule has 1 N–H and O–H groups in total. The Morgan fingerprint density at radius 2 is 1.78 bits per heavy atom. The van der Waals surface area contributed by atoms with Crippen molar-refractivity contribution in [3.05, 3.63) is 90.3 Å². The number of benzene rings is 2. The molecule has 4 rings (SSSR count). The fraction of sp³-hybridized carbons (Fsp3) is 0.143. The van der Waals surface area contributed by atoms with Crippen LogP contribution < -0.4 is 5.32 Å². The van der Waals surface area contributed by atoms with E-state index in [2.05, 4.69) is 54.7 Å². The number of fused-ring (bicyclic) bond motifs is 1. The van der Waals surface area contributed by atoms with Gasteiger partial charge in [0.15, 0.2) is 0 Å². The molecule has 1 aliphatic carbocycles. The van der Waals surface area contributed by atoms with E-state index < -0.39 is 0 Å². The summed E-state index contributed by atoms with van der Waals surface area (Å²) in [6, 6.07) is 20.6. The Kier molecular flexibility index (Phi) is 3.30. The lowest BCUT2D eigenvalue weighted by Crippen LogP contribution is -2.20. The number of hydrogen-bond donors (Lipinski definition) is 1. The summed E-state index contributed by atoms with van der Waals surface area (Å²) in [6.07, 6.45) is 7.53. The highest BCUT2D eigenvalue weighted by Crippen LogP contribution is 2.36. The molecular formula is C21H19NO. The van der Waals surface area contributed by atoms with Crippen LogP contribution in [-0.2, 0) is 5.41 Å². The van der Waals surface area contributed by atoms with Crippen LogP contribution in [0, 0.1) is 0 Å². The fourth-order valence-electron chi connectivity index (χ4n) is 2.96. The third kappa shape index (κ3) is 2.68. The quantitative estimate of drug-likeness (QED) is 0.676. The predicted molar refractivity (Wildman–Crippen MR) is 95.5 cm³/mol. The van der Waals surface area contributed by atoms with Crippen LogP contribution in [0.15, 0.2) is 89.0 Å². The maximum Gasteiger partial charge on any atom is 0.134 e. The van der Waals surface area contributed by atoms with Crippen molar-refractivity contribution in [2.75, 3.05) is 5.32 Å². The Balaban J connectivity index is 1.56. The molecule has 1 unspecified atom stereocenters. The van der Waals surface area contributed by atoms with Gasteiger partial charge in [0.05, 0.1) is 0 Å². The highest BCUT2D eigenvalue weighted by Gasteiger charge is 2.28. The molecule has 3 aromatic rings. The lowest BCUT2D eigenvalue weighted by Gasteiger charge is -2.26. The van der Waals surface area contributed by atoms with E-state index in [1.54, 1.807) is 0 Å². The zero-order valence-corrected chi connectivity index (χ0v) is 13.1. The second-order valence-electron chi connectivity index (χ2n) is 6.25. The van der Waals surface area contributed by atoms with Gasteiger partial charge in [0, 0.05) is 22.2 Å². The Labute approximate surface area is 136 Å². The Hall–Kier alpha value is -2.74. The first-order valence-electron chi connectivity index (χ1n) is 7.93. The molecule has 23 heavy (non-hydrogen) atoms. The zero-order valence-electron chi connectivity index (χ0n) is 13.1. The topological polar surface area (TPSA) is 25.2 Å². The van der Waals surface area contributed by atoms with E-state index in [1.807, 2.05) is 36.4 Å². The lowest BCUT2D eigenvalue weighted by atomic mass is 9.80. The first-order valence-corrected chi connectivity index (χ1v) is 7.93. The van der Waals surface area contributed by atoms with E-state index in [9.17, 15) is 0 Å². The van der Waals surface area contributed by atoms with Gasteiger partial charge in [0.25, 0.3) is 0 Å². The van der Waals surface area contributed by atoms with Gasteiger partial charge in [-0.15, -0.1) is 0 Å². The Bertz CT molecular complexity index is 855. The molecule has 2 nitrogen and oxygen atoms in total. The van der Waals surface area contributed by atoms with E-state index in [0.717, 1.165) is 34.5 Å². The van der Waals surface area contributed by atoms with Crippen LogP contribution in [0.3, 0.4) is 0 Å². The van der Waals surface area contributed by atoms with E-state index >= 15 is 0 Å². The molecule has 0 spiro atoms. The van der Waals surface area contributed by atoms with E-state index in [0.29, 0.717) is 0 Å². The van der Waals surface area contributed by atoms with Crippen LogP contribution in [-0.4, -0.2) is 0 Å². The minimum atomic E-state index is -0.0963. The van der Waals surface area contributed by atoms with Gasteiger partial charge >= 0.3 is 0 Å². The van der Waals surface area contributed by atoms with E-state index in [-0.39, 0.29) is 5.41 Å². The molecular weight excluding hydrogens is 282 g/mol. The summed E-state index contributed by atoms with van der Waals surface area (Å²) in [5.74, 6) is 1.02. The minimum absolute atomic E-state index is 0.0963. The van der Waals surface area contributed by atoms with Crippen molar-refractivity contribution < 1.29 is 4.42 Å². The minimum Gasteiger partial charge on any atom is -0.460 e. The van der Waals surface area contributed by atoms with Crippen molar-refractivity contribution in [3.8, 4) is 0 Å². The average Bonchev–Trinajstić information content (AvgIpc) is 3.03. The molecule has 2 heteroatoms. The van der Waals surface area contributed by atoms with E-state index in [1.165, 1.54) is 0 Å². The highest BCUT2D eigenvalue weighted by molar-refractivity contribution is 5.78. The second kappa shape index (κ2) is 5.47. The lowest BCUT2D eigenvalue weighted by molar-refractivity contribution is 0.438. The summed E-state index contributed by atoms with van der Waals surface area (Å²) in [7, 11) is 0. The maximum atomic E-state index is 6.06. The number of allylic oxidation sites excluding steroid dienone is 3. The van der Waals surface area contributed by atoms with Crippen molar-refractivity contribution in [1.29, 1.82) is 0 Å². The van der Waals surface area contributed by atoms with E-state index in [4.69, 9.17) is 4.42 Å². The SMILES string of the molecule is CC1(c2cc3ccccc3o2)C=CC(Nc2ccccc2)=CC1. The number of nitrogens with one attached hydrogen (secondary N) is 1. The van der Waals surface area contributed by atoms with Crippen LogP contribution >= 0.6 is 0 Å². The first-order chi connectivity index (χ1) is 11.2. The molecule has 0 saturated heterocycles. The smallest absolute Gasteiger partial charge is 0.134 e. The van der Waals surface area contributed by atoms with Gasteiger partial charge in [0.1, 0.15) is 11.3 Å². The number of furan rings is 1. The molecule has 114 valence electrons. The van der Waals surface area contributed by atoms with Gasteiger partial charge in [-0.25, -0.2) is 0 Å². The second-order valence-corrected chi connectivity index (χ2v) is 6.25. The normalized spacial score (nSPS) is 20.5. The predicted octanol–water partition coefficient (Wildman–Crippen LogP) is 5.65. The average molecular weight is 301 g/mol. The number of rotatable bonds is 3. The van der Waals surface area contributed by atoms with Crippen LogP contribution in [0.2, 0.25) is 0 Å². The van der Waals surface area contributed by atoms with Gasteiger partial charge in [0.2, 0.25) is 0 Å². The molecule has 1 atom stereocenters. The van der Waals surface area contributed by atoms with Crippen molar-refractivity contribution in [3.63, 3.8) is 0 Å². The summed E-state index contributed by atoms with van der Waals surface area (Å²) >= 11 is 0. The standard InChI is InChI=1S/C21H19NO/c1-21(20-15-16-7-5-6-10-19(16)23-20)13-11-18(12-14-21)22-17-8-3-2-4-9-17/h2-13,15,22H,14H2,1H3. The van der Waals surface area contributed by atoms with Crippen LogP contribution in [0.1, 0.15) is 19.1 Å². The van der Waals surface area contributed by atoms with Gasteiger partial charge in [-0.05, 0) is 43.7 Å². The fourth-order valence-corrected chi connectivity index (χ4v) is 2.96. The first kappa shape index (κ1) is 13.9. The van der Waals surface area contributed by atoms with Crippen LogP contribution in [0.25, 0.3) is 11.0 Å². The Morgan fingerprint density at radius 1 is 1.00 bits per heavy atom. The third-order valence-corrected chi connectivity index (χ3v) is 4.43. The summed E-state index contributed by atoms with van der Waals surface area (Å²) < 4.78 is 6.06. The maximum absolute atomic E-state index is 6.06. The highest BCUT2D eigenvalue weighted by atomic mass is 16.3. The molecule has 1 aromatic heterocycles. The van der Waals surface area contributed by atoms with Crippen molar-refractivity contribution in [1.82, 2.24) is 0 Å².